The van der Waals surface area contributed by atoms with Crippen molar-refractivity contribution in [3.63, 3.8) is 0 Å². The van der Waals surface area contributed by atoms with Crippen molar-refractivity contribution in [3.8, 4) is 17.2 Å². The van der Waals surface area contributed by atoms with Crippen LogP contribution < -0.4 is 14.2 Å². The predicted molar refractivity (Wildman–Crippen MR) is 111 cm³/mol. The van der Waals surface area contributed by atoms with E-state index >= 15 is 0 Å². The summed E-state index contributed by atoms with van der Waals surface area (Å²) in [5.74, 6) is 2.07. The van der Waals surface area contributed by atoms with E-state index < -0.39 is 0 Å². The van der Waals surface area contributed by atoms with Crippen LogP contribution in [0, 0.1) is 0 Å². The Morgan fingerprint density at radius 1 is 0.880 bits per heavy atom. The van der Waals surface area contributed by atoms with Crippen molar-refractivity contribution in [2.24, 2.45) is 0 Å². The number of rotatable bonds is 10. The topological polar surface area (TPSA) is 27.7 Å². The lowest BCUT2D eigenvalue weighted by Crippen LogP contribution is -2.01. The lowest BCUT2D eigenvalue weighted by molar-refractivity contribution is 0.265. The molecule has 0 aliphatic heterocycles. The van der Waals surface area contributed by atoms with Crippen molar-refractivity contribution in [1.29, 1.82) is 0 Å². The van der Waals surface area contributed by atoms with Crippen molar-refractivity contribution in [2.75, 3.05) is 18.6 Å². The maximum atomic E-state index is 5.98. The van der Waals surface area contributed by atoms with E-state index in [1.807, 2.05) is 42.5 Å². The van der Waals surface area contributed by atoms with Crippen molar-refractivity contribution in [3.05, 3.63) is 65.7 Å². The van der Waals surface area contributed by atoms with Gasteiger partial charge in [0.1, 0.15) is 6.61 Å². The van der Waals surface area contributed by atoms with E-state index in [9.17, 15) is 0 Å². The first-order valence-corrected chi connectivity index (χ1v) is 9.93. The molecule has 0 unspecified atom stereocenters. The molecule has 2 aromatic carbocycles. The second-order valence-electron chi connectivity index (χ2n) is 5.59. The number of benzene rings is 2. The third kappa shape index (κ3) is 6.27. The molecule has 25 heavy (non-hydrogen) atoms. The summed E-state index contributed by atoms with van der Waals surface area (Å²) in [5, 5.41) is 0. The van der Waals surface area contributed by atoms with Crippen LogP contribution in [0.3, 0.4) is 0 Å². The van der Waals surface area contributed by atoms with E-state index in [0.717, 1.165) is 29.3 Å². The molecule has 134 valence electrons. The zero-order valence-electron chi connectivity index (χ0n) is 14.8. The Morgan fingerprint density at radius 3 is 2.12 bits per heavy atom. The second kappa shape index (κ2) is 11.0. The van der Waals surface area contributed by atoms with Gasteiger partial charge in [-0.3, -0.25) is 0 Å². The molecule has 0 radical (unpaired) electrons. The van der Waals surface area contributed by atoms with Crippen LogP contribution in [0.4, 0.5) is 0 Å². The molecule has 0 aromatic heterocycles. The molecule has 0 aliphatic rings. The number of methoxy groups -OCH3 is 2. The van der Waals surface area contributed by atoms with Crippen LogP contribution in [0.5, 0.6) is 17.2 Å². The molecule has 2 rings (SSSR count). The summed E-state index contributed by atoms with van der Waals surface area (Å²) in [6.45, 7) is 0.478. The zero-order chi connectivity index (χ0) is 17.9. The van der Waals surface area contributed by atoms with Gasteiger partial charge in [-0.05, 0) is 42.5 Å². The fraction of sp³-hybridized carbons (Fsp3) is 0.333. The number of allylic oxidation sites excluding steroid dienone is 2. The van der Waals surface area contributed by atoms with Gasteiger partial charge in [-0.25, -0.2) is 0 Å². The summed E-state index contributed by atoms with van der Waals surface area (Å²) in [4.78, 5) is 0. The van der Waals surface area contributed by atoms with Crippen molar-refractivity contribution in [2.45, 2.75) is 25.9 Å². The summed E-state index contributed by atoms with van der Waals surface area (Å²) >= 11 is 2.39. The smallest absolute Gasteiger partial charge is 0.203 e. The minimum Gasteiger partial charge on any atom is -0.493 e. The number of hydrogen-bond acceptors (Lipinski definition) is 3. The lowest BCUT2D eigenvalue weighted by Gasteiger charge is -2.16. The lowest BCUT2D eigenvalue weighted by atomic mass is 10.1. The Hall–Kier alpha value is -1.69. The van der Waals surface area contributed by atoms with Gasteiger partial charge in [0, 0.05) is 4.43 Å². The molecule has 0 saturated carbocycles. The fourth-order valence-electron chi connectivity index (χ4n) is 2.50. The number of hydrogen-bond donors (Lipinski definition) is 0. The number of aryl methyl sites for hydroxylation is 1. The first-order chi connectivity index (χ1) is 12.3. The average molecular weight is 452 g/mol. The van der Waals surface area contributed by atoms with Crippen LogP contribution in [0.2, 0.25) is 0 Å². The molecule has 0 aliphatic carbocycles. The molecule has 0 bridgehead atoms. The van der Waals surface area contributed by atoms with Crippen LogP contribution in [0.15, 0.2) is 54.6 Å². The molecule has 3 nitrogen and oxygen atoms in total. The zero-order valence-corrected chi connectivity index (χ0v) is 17.0. The summed E-state index contributed by atoms with van der Waals surface area (Å²) in [5.41, 5.74) is 2.29. The molecule has 0 fully saturated rings. The van der Waals surface area contributed by atoms with Crippen LogP contribution in [0.1, 0.15) is 24.0 Å². The standard InChI is InChI=1S/C21H25IO3/c1-23-19-14-18(12-6-3-4-9-13-22)15-20(24-2)21(19)25-16-17-10-7-5-8-11-17/h3-5,7-8,10-11,14-15H,6,9,12-13,16H2,1-2H3. The van der Waals surface area contributed by atoms with Crippen molar-refractivity contribution < 1.29 is 14.2 Å². The first kappa shape index (κ1) is 19.6. The monoisotopic (exact) mass is 452 g/mol. The minimum absolute atomic E-state index is 0.478. The largest absolute Gasteiger partial charge is 0.493 e. The molecule has 0 saturated heterocycles. The van der Waals surface area contributed by atoms with Gasteiger partial charge < -0.3 is 14.2 Å². The maximum Gasteiger partial charge on any atom is 0.203 e. The molecular formula is C21H25IO3. The summed E-state index contributed by atoms with van der Waals surface area (Å²) in [7, 11) is 3.32. The molecule has 2 aromatic rings. The third-order valence-corrected chi connectivity index (χ3v) is 4.41. The molecule has 0 amide bonds. The second-order valence-corrected chi connectivity index (χ2v) is 6.67. The Bertz CT molecular complexity index is 643. The fourth-order valence-corrected chi connectivity index (χ4v) is 2.86. The Kier molecular flexibility index (Phi) is 8.66. The molecular weight excluding hydrogens is 427 g/mol. The molecule has 0 atom stereocenters. The quantitative estimate of drug-likeness (QED) is 0.267. The summed E-state index contributed by atoms with van der Waals surface area (Å²) < 4.78 is 18.2. The highest BCUT2D eigenvalue weighted by Crippen LogP contribution is 2.39. The van der Waals surface area contributed by atoms with Gasteiger partial charge in [-0.1, -0.05) is 65.1 Å². The van der Waals surface area contributed by atoms with Crippen LogP contribution in [-0.4, -0.2) is 18.6 Å². The van der Waals surface area contributed by atoms with Crippen LogP contribution in [-0.2, 0) is 13.0 Å². The highest BCUT2D eigenvalue weighted by Gasteiger charge is 2.14. The van der Waals surface area contributed by atoms with Crippen molar-refractivity contribution >= 4 is 22.6 Å². The van der Waals surface area contributed by atoms with Gasteiger partial charge in [0.2, 0.25) is 5.75 Å². The molecule has 0 heterocycles. The van der Waals surface area contributed by atoms with E-state index in [2.05, 4.69) is 34.7 Å². The first-order valence-electron chi connectivity index (χ1n) is 8.41. The number of ether oxygens (including phenoxy) is 3. The van der Waals surface area contributed by atoms with E-state index in [4.69, 9.17) is 14.2 Å². The Labute approximate surface area is 164 Å². The maximum absolute atomic E-state index is 5.98. The van der Waals surface area contributed by atoms with Crippen LogP contribution >= 0.6 is 22.6 Å². The number of halogens is 1. The Balaban J connectivity index is 2.10. The minimum atomic E-state index is 0.478. The van der Waals surface area contributed by atoms with E-state index in [1.165, 1.54) is 5.56 Å². The van der Waals surface area contributed by atoms with Gasteiger partial charge in [-0.15, -0.1) is 0 Å². The molecule has 4 heteroatoms. The van der Waals surface area contributed by atoms with Gasteiger partial charge in [0.25, 0.3) is 0 Å². The average Bonchev–Trinajstić information content (AvgIpc) is 2.66. The summed E-state index contributed by atoms with van der Waals surface area (Å²) in [6, 6.07) is 14.1. The number of alkyl halides is 1. The van der Waals surface area contributed by atoms with E-state index in [1.54, 1.807) is 14.2 Å². The SMILES string of the molecule is COc1cc(CCC=CCCI)cc(OC)c1OCc1ccccc1. The third-order valence-electron chi connectivity index (χ3n) is 3.79. The highest BCUT2D eigenvalue weighted by atomic mass is 127. The molecule has 0 spiro atoms. The van der Waals surface area contributed by atoms with Gasteiger partial charge in [0.05, 0.1) is 14.2 Å². The summed E-state index contributed by atoms with van der Waals surface area (Å²) in [6.07, 6.45) is 7.55. The van der Waals surface area contributed by atoms with Gasteiger partial charge >= 0.3 is 0 Å². The Morgan fingerprint density at radius 2 is 1.52 bits per heavy atom. The highest BCUT2D eigenvalue weighted by molar-refractivity contribution is 14.1. The normalized spacial score (nSPS) is 10.8. The van der Waals surface area contributed by atoms with E-state index in [0.29, 0.717) is 23.9 Å². The molecule has 0 N–H and O–H groups in total. The van der Waals surface area contributed by atoms with Crippen molar-refractivity contribution in [1.82, 2.24) is 0 Å². The van der Waals surface area contributed by atoms with Gasteiger partial charge in [-0.2, -0.15) is 0 Å². The van der Waals surface area contributed by atoms with Crippen LogP contribution in [0.25, 0.3) is 0 Å². The van der Waals surface area contributed by atoms with E-state index in [-0.39, 0.29) is 0 Å². The predicted octanol–water partition coefficient (Wildman–Crippen LogP) is 5.60. The van der Waals surface area contributed by atoms with Gasteiger partial charge in [0.15, 0.2) is 11.5 Å².